The van der Waals surface area contributed by atoms with Gasteiger partial charge in [0.25, 0.3) is 5.91 Å². The van der Waals surface area contributed by atoms with Gasteiger partial charge in [0.2, 0.25) is 0 Å². The molecule has 5 rings (SSSR count). The number of nitrogens with zero attached hydrogens (tertiary/aromatic N) is 2. The third-order valence-electron chi connectivity index (χ3n) is 6.25. The first kappa shape index (κ1) is 17.8. The molecule has 3 aliphatic rings. The molecule has 1 saturated carbocycles. The molecule has 148 valence electrons. The summed E-state index contributed by atoms with van der Waals surface area (Å²) in [5.74, 6) is -1.00. The van der Waals surface area contributed by atoms with Gasteiger partial charge in [-0.05, 0) is 43.7 Å². The van der Waals surface area contributed by atoms with Crippen molar-refractivity contribution in [2.24, 2.45) is 5.92 Å². The van der Waals surface area contributed by atoms with Crippen molar-refractivity contribution in [1.82, 2.24) is 15.1 Å². The van der Waals surface area contributed by atoms with Crippen molar-refractivity contribution in [2.45, 2.75) is 37.1 Å². The molecule has 1 saturated heterocycles. The maximum absolute atomic E-state index is 14.4. The number of fused-ring (bicyclic) bond motifs is 3. The Balaban J connectivity index is 1.52. The third-order valence-corrected chi connectivity index (χ3v) is 6.25. The van der Waals surface area contributed by atoms with Gasteiger partial charge >= 0.3 is 0 Å². The molecule has 2 atom stereocenters. The molecule has 1 aromatic carbocycles. The molecule has 0 spiro atoms. The normalized spacial score (nSPS) is 24.5. The van der Waals surface area contributed by atoms with E-state index < -0.39 is 17.2 Å². The van der Waals surface area contributed by atoms with E-state index >= 15 is 0 Å². The van der Waals surface area contributed by atoms with E-state index in [9.17, 15) is 18.7 Å². The Kier molecular flexibility index (Phi) is 4.03. The van der Waals surface area contributed by atoms with Crippen molar-refractivity contribution in [3.63, 3.8) is 0 Å². The monoisotopic (exact) mass is 389 g/mol. The number of ether oxygens (including phenoxy) is 1. The lowest BCUT2D eigenvalue weighted by Gasteiger charge is -2.36. The summed E-state index contributed by atoms with van der Waals surface area (Å²) in [6, 6.07) is 3.36. The summed E-state index contributed by atoms with van der Waals surface area (Å²) in [4.78, 5) is 13.0. The van der Waals surface area contributed by atoms with Crippen molar-refractivity contribution >= 4 is 5.91 Å². The minimum atomic E-state index is -0.728. The summed E-state index contributed by atoms with van der Waals surface area (Å²) in [6.45, 7) is 0.763. The SMILES string of the molecule is O=C(NC1(CO)CCOCC1)c1nn(-c2ccc(F)cc2F)c2c1C[C@@H]1C[C@H]21. The molecule has 1 aliphatic heterocycles. The van der Waals surface area contributed by atoms with Gasteiger partial charge in [-0.2, -0.15) is 5.10 Å². The molecular formula is C20H21F2N3O3. The Morgan fingerprint density at radius 3 is 2.86 bits per heavy atom. The minimum Gasteiger partial charge on any atom is -0.394 e. The van der Waals surface area contributed by atoms with Crippen LogP contribution in [0.1, 0.15) is 46.9 Å². The Labute approximate surface area is 160 Å². The van der Waals surface area contributed by atoms with Gasteiger partial charge in [0.15, 0.2) is 11.5 Å². The zero-order valence-corrected chi connectivity index (χ0v) is 15.3. The van der Waals surface area contributed by atoms with Gasteiger partial charge in [-0.15, -0.1) is 0 Å². The predicted octanol–water partition coefficient (Wildman–Crippen LogP) is 2.08. The number of aromatic nitrogens is 2. The fourth-order valence-electron chi connectivity index (χ4n) is 4.52. The number of rotatable bonds is 4. The minimum absolute atomic E-state index is 0.146. The molecule has 2 fully saturated rings. The average Bonchev–Trinajstić information content (AvgIpc) is 3.18. The maximum Gasteiger partial charge on any atom is 0.272 e. The second kappa shape index (κ2) is 6.35. The van der Waals surface area contributed by atoms with Crippen molar-refractivity contribution in [1.29, 1.82) is 0 Å². The summed E-state index contributed by atoms with van der Waals surface area (Å²) in [6.07, 6.45) is 2.78. The van der Waals surface area contributed by atoms with Crippen LogP contribution < -0.4 is 5.32 Å². The van der Waals surface area contributed by atoms with Crippen LogP contribution in [0.25, 0.3) is 5.69 Å². The molecule has 6 nitrogen and oxygen atoms in total. The zero-order chi connectivity index (χ0) is 19.5. The van der Waals surface area contributed by atoms with E-state index in [-0.39, 0.29) is 29.8 Å². The fraction of sp³-hybridized carbons (Fsp3) is 0.500. The molecule has 2 aromatic rings. The average molecular weight is 389 g/mol. The number of amides is 1. The lowest BCUT2D eigenvalue weighted by molar-refractivity contribution is 0.0124. The smallest absolute Gasteiger partial charge is 0.272 e. The lowest BCUT2D eigenvalue weighted by Crippen LogP contribution is -2.54. The molecule has 0 radical (unpaired) electrons. The van der Waals surface area contributed by atoms with Crippen molar-refractivity contribution in [2.75, 3.05) is 19.8 Å². The standard InChI is InChI=1S/C20H21F2N3O3/c21-12-1-2-16(15(22)9-12)25-18-13-7-11(13)8-14(18)17(24-25)19(27)23-20(10-26)3-5-28-6-4-20/h1-2,9,11,13,26H,3-8,10H2,(H,23,27)/t11-,13-/m0/s1. The molecule has 0 unspecified atom stereocenters. The highest BCUT2D eigenvalue weighted by molar-refractivity contribution is 5.95. The predicted molar refractivity (Wildman–Crippen MR) is 95.4 cm³/mol. The number of aliphatic hydroxyl groups is 1. The fourth-order valence-corrected chi connectivity index (χ4v) is 4.52. The quantitative estimate of drug-likeness (QED) is 0.840. The van der Waals surface area contributed by atoms with Crippen LogP contribution in [0.2, 0.25) is 0 Å². The Morgan fingerprint density at radius 2 is 2.14 bits per heavy atom. The summed E-state index contributed by atoms with van der Waals surface area (Å²) < 4.78 is 34.5. The molecule has 1 amide bonds. The van der Waals surface area contributed by atoms with Crippen LogP contribution >= 0.6 is 0 Å². The van der Waals surface area contributed by atoms with Crippen LogP contribution in [0, 0.1) is 17.6 Å². The van der Waals surface area contributed by atoms with Gasteiger partial charge < -0.3 is 15.2 Å². The number of halogens is 2. The molecule has 2 N–H and O–H groups in total. The van der Waals surface area contributed by atoms with Crippen LogP contribution in [0.15, 0.2) is 18.2 Å². The summed E-state index contributed by atoms with van der Waals surface area (Å²) in [5.41, 5.74) is 1.38. The summed E-state index contributed by atoms with van der Waals surface area (Å²) >= 11 is 0. The van der Waals surface area contributed by atoms with E-state index in [4.69, 9.17) is 4.74 Å². The van der Waals surface area contributed by atoms with Crippen LogP contribution in [0.3, 0.4) is 0 Å². The van der Waals surface area contributed by atoms with Gasteiger partial charge in [0.1, 0.15) is 11.5 Å². The highest BCUT2D eigenvalue weighted by atomic mass is 19.1. The molecule has 0 bridgehead atoms. The highest BCUT2D eigenvalue weighted by Gasteiger charge is 2.50. The van der Waals surface area contributed by atoms with Gasteiger partial charge in [-0.25, -0.2) is 13.5 Å². The Morgan fingerprint density at radius 1 is 1.36 bits per heavy atom. The van der Waals surface area contributed by atoms with Crippen LogP contribution in [-0.2, 0) is 11.2 Å². The number of hydrogen-bond acceptors (Lipinski definition) is 4. The number of nitrogens with one attached hydrogen (secondary N) is 1. The molecule has 8 heteroatoms. The number of benzene rings is 1. The van der Waals surface area contributed by atoms with E-state index in [1.807, 2.05) is 0 Å². The van der Waals surface area contributed by atoms with Gasteiger partial charge in [0.05, 0.1) is 17.8 Å². The lowest BCUT2D eigenvalue weighted by atomic mass is 9.90. The maximum atomic E-state index is 14.4. The molecule has 2 heterocycles. The number of aliphatic hydroxyl groups excluding tert-OH is 1. The van der Waals surface area contributed by atoms with Gasteiger partial charge in [0, 0.05) is 30.8 Å². The Hall–Kier alpha value is -2.32. The van der Waals surface area contributed by atoms with Crippen LogP contribution in [0.5, 0.6) is 0 Å². The van der Waals surface area contributed by atoms with Gasteiger partial charge in [-0.3, -0.25) is 4.79 Å². The molecule has 1 aromatic heterocycles. The van der Waals surface area contributed by atoms with Crippen LogP contribution in [0.4, 0.5) is 8.78 Å². The number of carbonyl (C=O) groups excluding carboxylic acids is 1. The summed E-state index contributed by atoms with van der Waals surface area (Å²) in [5, 5.41) is 17.2. The van der Waals surface area contributed by atoms with E-state index in [1.165, 1.54) is 16.8 Å². The molecular weight excluding hydrogens is 368 g/mol. The highest BCUT2D eigenvalue weighted by Crippen LogP contribution is 2.57. The first-order valence-corrected chi connectivity index (χ1v) is 9.60. The van der Waals surface area contributed by atoms with E-state index in [0.29, 0.717) is 32.0 Å². The number of hydrogen-bond donors (Lipinski definition) is 2. The topological polar surface area (TPSA) is 76.4 Å². The van der Waals surface area contributed by atoms with Crippen molar-refractivity contribution in [3.05, 3.63) is 46.8 Å². The van der Waals surface area contributed by atoms with Gasteiger partial charge in [-0.1, -0.05) is 0 Å². The van der Waals surface area contributed by atoms with Crippen molar-refractivity contribution in [3.8, 4) is 5.69 Å². The van der Waals surface area contributed by atoms with E-state index in [2.05, 4.69) is 10.4 Å². The Bertz CT molecular complexity index is 952. The zero-order valence-electron chi connectivity index (χ0n) is 15.3. The van der Waals surface area contributed by atoms with Crippen LogP contribution in [-0.4, -0.2) is 46.2 Å². The third kappa shape index (κ3) is 2.74. The van der Waals surface area contributed by atoms with E-state index in [1.54, 1.807) is 0 Å². The first-order chi connectivity index (χ1) is 13.5. The number of carbonyl (C=O) groups is 1. The second-order valence-electron chi connectivity index (χ2n) is 8.03. The van der Waals surface area contributed by atoms with E-state index in [0.717, 1.165) is 30.2 Å². The largest absolute Gasteiger partial charge is 0.394 e. The van der Waals surface area contributed by atoms with Crippen molar-refractivity contribution < 1.29 is 23.4 Å². The molecule has 2 aliphatic carbocycles. The first-order valence-electron chi connectivity index (χ1n) is 9.60. The summed E-state index contributed by atoms with van der Waals surface area (Å²) in [7, 11) is 0. The second-order valence-corrected chi connectivity index (χ2v) is 8.03. The molecule has 28 heavy (non-hydrogen) atoms.